The van der Waals surface area contributed by atoms with Crippen LogP contribution >= 0.6 is 0 Å². The highest BCUT2D eigenvalue weighted by molar-refractivity contribution is 5.82. The average Bonchev–Trinajstić information content (AvgIpc) is 3.14. The third-order valence-electron chi connectivity index (χ3n) is 4.19. The Kier molecular flexibility index (Phi) is 5.41. The van der Waals surface area contributed by atoms with Crippen molar-refractivity contribution in [2.24, 2.45) is 16.1 Å². The third kappa shape index (κ3) is 3.51. The molecule has 0 aliphatic carbocycles. The van der Waals surface area contributed by atoms with Crippen LogP contribution in [0, 0.1) is 5.92 Å². The number of aliphatic hydroxyl groups is 3. The van der Waals surface area contributed by atoms with Crippen LogP contribution < -0.4 is 5.73 Å². The molecule has 2 aromatic heterocycles. The summed E-state index contributed by atoms with van der Waals surface area (Å²) < 4.78 is 6.94. The second-order valence-electron chi connectivity index (χ2n) is 6.61. The van der Waals surface area contributed by atoms with Crippen molar-refractivity contribution in [1.82, 2.24) is 19.5 Å². The second-order valence-corrected chi connectivity index (χ2v) is 6.61. The number of nitrogens with two attached hydrogens (primary N) is 1. The summed E-state index contributed by atoms with van der Waals surface area (Å²) in [5, 5.41) is 37.4. The fourth-order valence-electron chi connectivity index (χ4n) is 2.70. The number of anilines is 1. The lowest BCUT2D eigenvalue weighted by atomic mass is 10.1. The van der Waals surface area contributed by atoms with Crippen LogP contribution in [0.15, 0.2) is 16.6 Å². The number of aliphatic hydroxyl groups excluding tert-OH is 3. The van der Waals surface area contributed by atoms with Gasteiger partial charge in [0.25, 0.3) is 5.95 Å². The number of fused-ring (bicyclic) bond motifs is 1. The van der Waals surface area contributed by atoms with Crippen molar-refractivity contribution in [2.45, 2.75) is 44.8 Å². The molecule has 0 amide bonds. The summed E-state index contributed by atoms with van der Waals surface area (Å²) in [5.41, 5.74) is 6.54. The van der Waals surface area contributed by atoms with E-state index in [1.165, 1.54) is 10.9 Å². The summed E-state index contributed by atoms with van der Waals surface area (Å²) in [4.78, 5) is 12.5. The van der Waals surface area contributed by atoms with Gasteiger partial charge in [-0.3, -0.25) is 4.57 Å². The van der Waals surface area contributed by atoms with Gasteiger partial charge < -0.3 is 25.8 Å². The van der Waals surface area contributed by atoms with Crippen LogP contribution in [0.2, 0.25) is 0 Å². The molecule has 1 aliphatic rings. The molecule has 0 spiro atoms. The lowest BCUT2D eigenvalue weighted by Crippen LogP contribution is -2.33. The van der Waals surface area contributed by atoms with Crippen LogP contribution in [0.5, 0.6) is 0 Å². The fraction of sp³-hybridized carbons (Fsp3) is 0.667. The Morgan fingerprint density at radius 1 is 1.31 bits per heavy atom. The molecule has 5 N–H and O–H groups in total. The van der Waals surface area contributed by atoms with Crippen LogP contribution in [-0.4, -0.2) is 66.3 Å². The van der Waals surface area contributed by atoms with Crippen molar-refractivity contribution in [3.63, 3.8) is 0 Å². The molecule has 1 aliphatic heterocycles. The summed E-state index contributed by atoms with van der Waals surface area (Å²) in [6.07, 6.45) is -2.07. The monoisotopic (exact) mass is 365 g/mol. The normalized spacial score (nSPS) is 26.5. The van der Waals surface area contributed by atoms with E-state index < -0.39 is 31.1 Å². The number of hydrogen-bond donors (Lipinski definition) is 4. The van der Waals surface area contributed by atoms with Crippen molar-refractivity contribution >= 4 is 22.9 Å². The molecular weight excluding hydrogens is 342 g/mol. The molecule has 4 atom stereocenters. The second kappa shape index (κ2) is 7.58. The van der Waals surface area contributed by atoms with E-state index in [0.717, 1.165) is 6.42 Å². The molecule has 3 rings (SSSR count). The number of aromatic nitrogens is 4. The molecule has 11 nitrogen and oxygen atoms in total. The van der Waals surface area contributed by atoms with Gasteiger partial charge in [-0.2, -0.15) is 15.1 Å². The predicted molar refractivity (Wildman–Crippen MR) is 91.6 cm³/mol. The van der Waals surface area contributed by atoms with Gasteiger partial charge in [0, 0.05) is 0 Å². The minimum absolute atomic E-state index is 0.0762. The van der Waals surface area contributed by atoms with E-state index in [4.69, 9.17) is 10.5 Å². The lowest BCUT2D eigenvalue weighted by molar-refractivity contribution is -0.0511. The molecule has 0 aromatic carbocycles. The van der Waals surface area contributed by atoms with E-state index in [0.29, 0.717) is 23.6 Å². The van der Waals surface area contributed by atoms with Crippen LogP contribution in [0.1, 0.15) is 26.5 Å². The molecule has 2 aromatic rings. The highest BCUT2D eigenvalue weighted by Crippen LogP contribution is 2.32. The smallest absolute Gasteiger partial charge is 0.272 e. The first-order valence-corrected chi connectivity index (χ1v) is 8.42. The largest absolute Gasteiger partial charge is 0.394 e. The Labute approximate surface area is 149 Å². The molecule has 1 saturated heterocycles. The highest BCUT2D eigenvalue weighted by Gasteiger charge is 2.44. The predicted octanol–water partition coefficient (Wildman–Crippen LogP) is 0.150. The summed E-state index contributed by atoms with van der Waals surface area (Å²) in [6.45, 7) is 4.31. The molecule has 3 unspecified atom stereocenters. The molecule has 142 valence electrons. The van der Waals surface area contributed by atoms with Gasteiger partial charge in [0.05, 0.1) is 19.5 Å². The van der Waals surface area contributed by atoms with Gasteiger partial charge in [-0.05, 0) is 12.3 Å². The summed E-state index contributed by atoms with van der Waals surface area (Å²) in [6, 6.07) is 0. The third-order valence-corrected chi connectivity index (χ3v) is 4.19. The number of hydrogen-bond acceptors (Lipinski definition) is 10. The Morgan fingerprint density at radius 3 is 2.73 bits per heavy atom. The van der Waals surface area contributed by atoms with Crippen LogP contribution in [0.4, 0.5) is 11.8 Å². The number of nitrogens with zero attached hydrogens (tertiary/aromatic N) is 6. The van der Waals surface area contributed by atoms with Crippen molar-refractivity contribution < 1.29 is 20.1 Å². The average molecular weight is 365 g/mol. The van der Waals surface area contributed by atoms with Gasteiger partial charge in [-0.1, -0.05) is 13.8 Å². The van der Waals surface area contributed by atoms with Gasteiger partial charge in [0.1, 0.15) is 23.8 Å². The Balaban J connectivity index is 1.90. The number of nitrogen functional groups attached to an aromatic ring is 1. The zero-order chi connectivity index (χ0) is 18.8. The maximum atomic E-state index is 10.2. The first-order valence-electron chi connectivity index (χ1n) is 8.42. The molecule has 26 heavy (non-hydrogen) atoms. The van der Waals surface area contributed by atoms with Crippen molar-refractivity contribution in [1.29, 1.82) is 0 Å². The van der Waals surface area contributed by atoms with Gasteiger partial charge >= 0.3 is 0 Å². The maximum absolute atomic E-state index is 10.2. The number of ether oxygens (including phenoxy) is 1. The van der Waals surface area contributed by atoms with Crippen molar-refractivity contribution in [3.05, 3.63) is 6.33 Å². The molecule has 0 saturated carbocycles. The van der Waals surface area contributed by atoms with Crippen LogP contribution in [-0.2, 0) is 4.74 Å². The Bertz CT molecular complexity index is 794. The molecule has 11 heteroatoms. The van der Waals surface area contributed by atoms with Gasteiger partial charge in [0.15, 0.2) is 17.7 Å². The number of rotatable bonds is 6. The van der Waals surface area contributed by atoms with Crippen LogP contribution in [0.3, 0.4) is 0 Å². The quantitative estimate of drug-likeness (QED) is 0.525. The molecule has 1 fully saturated rings. The van der Waals surface area contributed by atoms with Gasteiger partial charge in [0.2, 0.25) is 0 Å². The van der Waals surface area contributed by atoms with E-state index in [-0.39, 0.29) is 11.8 Å². The molecule has 0 bridgehead atoms. The van der Waals surface area contributed by atoms with E-state index in [1.807, 2.05) is 0 Å². The lowest BCUT2D eigenvalue weighted by Gasteiger charge is -2.16. The number of azo groups is 1. The van der Waals surface area contributed by atoms with Crippen LogP contribution in [0.25, 0.3) is 11.2 Å². The minimum Gasteiger partial charge on any atom is -0.394 e. The zero-order valence-electron chi connectivity index (χ0n) is 14.6. The topological polar surface area (TPSA) is 164 Å². The van der Waals surface area contributed by atoms with Crippen molar-refractivity contribution in [2.75, 3.05) is 18.9 Å². The minimum atomic E-state index is -1.25. The zero-order valence-corrected chi connectivity index (χ0v) is 14.6. The summed E-state index contributed by atoms with van der Waals surface area (Å²) in [5.74, 6) is 0.710. The van der Waals surface area contributed by atoms with E-state index in [2.05, 4.69) is 39.0 Å². The molecule has 3 heterocycles. The van der Waals surface area contributed by atoms with Crippen molar-refractivity contribution in [3.8, 4) is 0 Å². The molecular formula is C15H23N7O4. The first-order chi connectivity index (χ1) is 12.4. The Hall–Kier alpha value is -2.21. The van der Waals surface area contributed by atoms with E-state index in [9.17, 15) is 15.3 Å². The SMILES string of the molecule is CC(C)CCN=Nc1nc(N)c2ncn(C3OC(CO)[C@@H](O)C3O)c2n1. The maximum Gasteiger partial charge on any atom is 0.272 e. The fourth-order valence-corrected chi connectivity index (χ4v) is 2.70. The highest BCUT2D eigenvalue weighted by atomic mass is 16.6. The molecule has 0 radical (unpaired) electrons. The summed E-state index contributed by atoms with van der Waals surface area (Å²) in [7, 11) is 0. The van der Waals surface area contributed by atoms with E-state index >= 15 is 0 Å². The van der Waals surface area contributed by atoms with Gasteiger partial charge in [-0.15, -0.1) is 5.11 Å². The Morgan fingerprint density at radius 2 is 2.08 bits per heavy atom. The number of imidazole rings is 1. The summed E-state index contributed by atoms with van der Waals surface area (Å²) >= 11 is 0. The van der Waals surface area contributed by atoms with E-state index in [1.54, 1.807) is 0 Å². The standard InChI is InChI=1S/C15H23N7O4/c1-7(2)3-4-18-21-15-19-12(16)9-13(20-15)22(6-17-9)14-11(25)10(24)8(5-23)26-14/h6-8,10-11,14,23-25H,3-5H2,1-2H3,(H2,16,19,20)/t8?,10-,11?,14?/m1/s1. The first kappa shape index (κ1) is 18.6. The van der Waals surface area contributed by atoms with Gasteiger partial charge in [-0.25, -0.2) is 4.98 Å².